The topological polar surface area (TPSA) is 72.5 Å². The second-order valence-corrected chi connectivity index (χ2v) is 5.76. The van der Waals surface area contributed by atoms with Crippen LogP contribution in [0.5, 0.6) is 11.5 Å². The average Bonchev–Trinajstić information content (AvgIpc) is 3.03. The summed E-state index contributed by atoms with van der Waals surface area (Å²) in [5.41, 5.74) is 6.05. The van der Waals surface area contributed by atoms with E-state index in [1.807, 2.05) is 0 Å². The van der Waals surface area contributed by atoms with Gasteiger partial charge in [-0.1, -0.05) is 17.4 Å². The number of benzene rings is 2. The fraction of sp³-hybridized carbons (Fsp3) is 0.125. The van der Waals surface area contributed by atoms with E-state index in [4.69, 9.17) is 9.47 Å². The molecule has 0 saturated heterocycles. The first-order valence-electron chi connectivity index (χ1n) is 6.96. The highest BCUT2D eigenvalue weighted by molar-refractivity contribution is 7.22. The van der Waals surface area contributed by atoms with E-state index in [-0.39, 0.29) is 5.56 Å². The Labute approximate surface area is 141 Å². The third-order valence-electron chi connectivity index (χ3n) is 3.28. The summed E-state index contributed by atoms with van der Waals surface area (Å²) in [6, 6.07) is 8.96. The molecule has 0 aliphatic rings. The zero-order chi connectivity index (χ0) is 17.1. The smallest absolute Gasteiger partial charge is 0.269 e. The summed E-state index contributed by atoms with van der Waals surface area (Å²) in [6.45, 7) is 0. The zero-order valence-electron chi connectivity index (χ0n) is 12.9. The summed E-state index contributed by atoms with van der Waals surface area (Å²) in [5, 5.41) is 0.456. The molecule has 24 heavy (non-hydrogen) atoms. The maximum absolute atomic E-state index is 13.2. The monoisotopic (exact) mass is 347 g/mol. The van der Waals surface area contributed by atoms with Gasteiger partial charge in [0, 0.05) is 5.56 Å². The minimum absolute atomic E-state index is 0.207. The number of carbonyl (C=O) groups is 1. The zero-order valence-corrected chi connectivity index (χ0v) is 13.7. The molecular weight excluding hydrogens is 333 g/mol. The molecule has 2 N–H and O–H groups in total. The number of hydrogen-bond acceptors (Lipinski definition) is 6. The largest absolute Gasteiger partial charge is 0.495 e. The van der Waals surface area contributed by atoms with Gasteiger partial charge in [-0.05, 0) is 30.3 Å². The first-order valence-corrected chi connectivity index (χ1v) is 7.77. The van der Waals surface area contributed by atoms with Gasteiger partial charge in [0.2, 0.25) is 5.13 Å². The van der Waals surface area contributed by atoms with Crippen molar-refractivity contribution in [2.45, 2.75) is 0 Å². The molecule has 1 heterocycles. The van der Waals surface area contributed by atoms with E-state index in [0.29, 0.717) is 22.1 Å². The van der Waals surface area contributed by atoms with Crippen molar-refractivity contribution in [2.75, 3.05) is 19.6 Å². The van der Waals surface area contributed by atoms with Crippen LogP contribution < -0.4 is 20.3 Å². The van der Waals surface area contributed by atoms with E-state index >= 15 is 0 Å². The van der Waals surface area contributed by atoms with E-state index in [1.165, 1.54) is 29.5 Å². The lowest BCUT2D eigenvalue weighted by atomic mass is 10.2. The molecule has 0 radical (unpaired) electrons. The number of ether oxygens (including phenoxy) is 2. The molecular formula is C16H14FN3O3S. The van der Waals surface area contributed by atoms with Gasteiger partial charge in [-0.3, -0.25) is 15.6 Å². The minimum Gasteiger partial charge on any atom is -0.495 e. The number of thiazole rings is 1. The van der Waals surface area contributed by atoms with Crippen molar-refractivity contribution in [1.29, 1.82) is 0 Å². The van der Waals surface area contributed by atoms with Crippen LogP contribution in [0.3, 0.4) is 0 Å². The van der Waals surface area contributed by atoms with Crippen LogP contribution in [0, 0.1) is 5.82 Å². The Morgan fingerprint density at radius 1 is 1.17 bits per heavy atom. The number of anilines is 1. The van der Waals surface area contributed by atoms with Crippen molar-refractivity contribution < 1.29 is 18.7 Å². The number of halogens is 1. The normalized spacial score (nSPS) is 10.5. The molecule has 0 saturated carbocycles. The molecule has 124 valence electrons. The summed E-state index contributed by atoms with van der Waals surface area (Å²) >= 11 is 1.30. The molecule has 3 aromatic rings. The second kappa shape index (κ2) is 6.71. The van der Waals surface area contributed by atoms with Gasteiger partial charge in [0.1, 0.15) is 27.5 Å². The lowest BCUT2D eigenvalue weighted by molar-refractivity contribution is 0.0962. The lowest BCUT2D eigenvalue weighted by Gasteiger charge is -2.05. The van der Waals surface area contributed by atoms with Gasteiger partial charge >= 0.3 is 0 Å². The highest BCUT2D eigenvalue weighted by atomic mass is 32.1. The molecule has 0 aliphatic carbocycles. The first-order chi connectivity index (χ1) is 11.6. The van der Waals surface area contributed by atoms with Crippen LogP contribution in [-0.4, -0.2) is 25.1 Å². The first kappa shape index (κ1) is 16.0. The van der Waals surface area contributed by atoms with Gasteiger partial charge in [0.25, 0.3) is 5.91 Å². The average molecular weight is 347 g/mol. The summed E-state index contributed by atoms with van der Waals surface area (Å²) < 4.78 is 24.5. The van der Waals surface area contributed by atoms with Crippen LogP contribution in [0.15, 0.2) is 36.4 Å². The van der Waals surface area contributed by atoms with Crippen molar-refractivity contribution in [3.8, 4) is 11.5 Å². The molecule has 0 spiro atoms. The fourth-order valence-corrected chi connectivity index (χ4v) is 3.08. The van der Waals surface area contributed by atoms with Crippen LogP contribution >= 0.6 is 11.3 Å². The maximum atomic E-state index is 13.2. The molecule has 0 aliphatic heterocycles. The Balaban J connectivity index is 1.82. The highest BCUT2D eigenvalue weighted by Crippen LogP contribution is 2.38. The molecule has 0 fully saturated rings. The molecule has 1 aromatic heterocycles. The third kappa shape index (κ3) is 3.09. The number of fused-ring (bicyclic) bond motifs is 1. The van der Waals surface area contributed by atoms with Gasteiger partial charge in [-0.25, -0.2) is 9.37 Å². The molecule has 0 unspecified atom stereocenters. The predicted molar refractivity (Wildman–Crippen MR) is 90.2 cm³/mol. The van der Waals surface area contributed by atoms with E-state index < -0.39 is 11.7 Å². The molecule has 0 atom stereocenters. The SMILES string of the molecule is COc1ccc(OC)c2sc(NNC(=O)c3cccc(F)c3)nc12. The van der Waals surface area contributed by atoms with E-state index in [2.05, 4.69) is 15.8 Å². The van der Waals surface area contributed by atoms with Crippen LogP contribution in [-0.2, 0) is 0 Å². The van der Waals surface area contributed by atoms with Crippen molar-refractivity contribution in [1.82, 2.24) is 10.4 Å². The van der Waals surface area contributed by atoms with Crippen molar-refractivity contribution in [2.24, 2.45) is 0 Å². The molecule has 2 aromatic carbocycles. The van der Waals surface area contributed by atoms with Crippen LogP contribution in [0.2, 0.25) is 0 Å². The number of methoxy groups -OCH3 is 2. The maximum Gasteiger partial charge on any atom is 0.269 e. The molecule has 0 bridgehead atoms. The quantitative estimate of drug-likeness (QED) is 0.694. The Kier molecular flexibility index (Phi) is 4.48. The number of hydrogen-bond donors (Lipinski definition) is 2. The standard InChI is InChI=1S/C16H14FN3O3S/c1-22-11-6-7-12(23-2)14-13(11)18-16(24-14)20-19-15(21)9-4-3-5-10(17)8-9/h3-8H,1-2H3,(H,18,20)(H,19,21). The second-order valence-electron chi connectivity index (χ2n) is 4.76. The highest BCUT2D eigenvalue weighted by Gasteiger charge is 2.14. The molecule has 1 amide bonds. The Bertz CT molecular complexity index is 856. The lowest BCUT2D eigenvalue weighted by Crippen LogP contribution is -2.29. The minimum atomic E-state index is -0.475. The Hall–Kier alpha value is -2.87. The Morgan fingerprint density at radius 3 is 2.62 bits per heavy atom. The van der Waals surface area contributed by atoms with Gasteiger partial charge in [0.15, 0.2) is 0 Å². The van der Waals surface area contributed by atoms with Gasteiger partial charge < -0.3 is 9.47 Å². The summed E-state index contributed by atoms with van der Waals surface area (Å²) in [6.07, 6.45) is 0. The van der Waals surface area contributed by atoms with Crippen molar-refractivity contribution >= 4 is 32.6 Å². The van der Waals surface area contributed by atoms with Crippen LogP contribution in [0.4, 0.5) is 9.52 Å². The number of aromatic nitrogens is 1. The molecule has 8 heteroatoms. The van der Waals surface area contributed by atoms with E-state index in [0.717, 1.165) is 10.8 Å². The number of amides is 1. The van der Waals surface area contributed by atoms with Gasteiger partial charge in [-0.15, -0.1) is 0 Å². The number of nitrogens with zero attached hydrogens (tertiary/aromatic N) is 1. The molecule has 3 rings (SSSR count). The Morgan fingerprint density at radius 2 is 1.92 bits per heavy atom. The van der Waals surface area contributed by atoms with Crippen LogP contribution in [0.25, 0.3) is 10.2 Å². The van der Waals surface area contributed by atoms with Crippen LogP contribution in [0.1, 0.15) is 10.4 Å². The summed E-state index contributed by atoms with van der Waals surface area (Å²) in [7, 11) is 3.12. The molecule has 6 nitrogen and oxygen atoms in total. The third-order valence-corrected chi connectivity index (χ3v) is 4.27. The number of nitrogens with one attached hydrogen (secondary N) is 2. The number of rotatable bonds is 5. The summed E-state index contributed by atoms with van der Waals surface area (Å²) in [5.74, 6) is 0.323. The van der Waals surface area contributed by atoms with Gasteiger partial charge in [-0.2, -0.15) is 0 Å². The van der Waals surface area contributed by atoms with Gasteiger partial charge in [0.05, 0.1) is 14.2 Å². The van der Waals surface area contributed by atoms with Crippen molar-refractivity contribution in [3.05, 3.63) is 47.8 Å². The number of hydrazine groups is 1. The van der Waals surface area contributed by atoms with Crippen molar-refractivity contribution in [3.63, 3.8) is 0 Å². The van der Waals surface area contributed by atoms with E-state index in [9.17, 15) is 9.18 Å². The predicted octanol–water partition coefficient (Wildman–Crippen LogP) is 3.21. The summed E-state index contributed by atoms with van der Waals surface area (Å²) in [4.78, 5) is 16.4. The fourth-order valence-electron chi connectivity index (χ4n) is 2.15. The van der Waals surface area contributed by atoms with E-state index in [1.54, 1.807) is 26.4 Å². The number of carbonyl (C=O) groups excluding carboxylic acids is 1.